The van der Waals surface area contributed by atoms with Gasteiger partial charge in [0.2, 0.25) is 0 Å². The molecule has 3 rings (SSSR count). The molecule has 0 unspecified atom stereocenters. The van der Waals surface area contributed by atoms with Gasteiger partial charge in [-0.3, -0.25) is 0 Å². The van der Waals surface area contributed by atoms with Crippen LogP contribution in [0.1, 0.15) is 186 Å². The van der Waals surface area contributed by atoms with E-state index in [2.05, 4.69) is 174 Å². The number of hydrogen-bond donors (Lipinski definition) is 0. The van der Waals surface area contributed by atoms with Gasteiger partial charge in [0.15, 0.2) is 0 Å². The van der Waals surface area contributed by atoms with E-state index < -0.39 is 13.9 Å². The van der Waals surface area contributed by atoms with Gasteiger partial charge in [0.05, 0.1) is 0 Å². The Kier molecular flexibility index (Phi) is 11.1. The minimum absolute atomic E-state index is 0.0262. The van der Waals surface area contributed by atoms with Crippen LogP contribution in [0.15, 0.2) is 24.3 Å². The van der Waals surface area contributed by atoms with Crippen molar-refractivity contribution in [1.29, 1.82) is 0 Å². The Hall–Kier alpha value is -1.42. The van der Waals surface area contributed by atoms with Crippen LogP contribution in [0.25, 0.3) is 11.1 Å². The van der Waals surface area contributed by atoms with Crippen LogP contribution in [0.3, 0.4) is 0 Å². The zero-order chi connectivity index (χ0) is 38.2. The minimum atomic E-state index is -3.32. The molecule has 0 atom stereocenters. The summed E-state index contributed by atoms with van der Waals surface area (Å²) in [7, 11) is 0. The summed E-state index contributed by atoms with van der Waals surface area (Å²) in [6.07, 6.45) is 4.30. The van der Waals surface area contributed by atoms with Crippen LogP contribution < -0.4 is 7.53 Å². The van der Waals surface area contributed by atoms with Crippen molar-refractivity contribution in [1.82, 2.24) is 0 Å². The molecule has 2 aromatic rings. The second-order valence-corrected chi connectivity index (χ2v) is 30.6. The standard InChI is InChI=1S/C46H78GeO2/c1-39(2,3)27-43(13,14)31-23-33-34-24-32(44(15,16)28-40(4,5)6)26-36(46(19,20)30-42(10,11)12)38(34)49-47(21,22)48-37(33)35(25-31)45(17,18)29-41(7,8)9/h23-26H,27-30H2,1-22H3. The fourth-order valence-corrected chi connectivity index (χ4v) is 12.9. The Bertz CT molecular complexity index is 1390. The van der Waals surface area contributed by atoms with Gasteiger partial charge < -0.3 is 0 Å². The van der Waals surface area contributed by atoms with Crippen molar-refractivity contribution in [2.24, 2.45) is 21.7 Å². The average Bonchev–Trinajstić information content (AvgIpc) is 2.88. The molecule has 0 spiro atoms. The van der Waals surface area contributed by atoms with Gasteiger partial charge in [-0.25, -0.2) is 0 Å². The molecule has 278 valence electrons. The zero-order valence-electron chi connectivity index (χ0n) is 36.5. The summed E-state index contributed by atoms with van der Waals surface area (Å²) in [4.78, 5) is 0. The molecule has 0 fully saturated rings. The molecule has 0 aliphatic carbocycles. The monoisotopic (exact) mass is 737 g/mol. The van der Waals surface area contributed by atoms with Crippen molar-refractivity contribution in [2.45, 2.75) is 197 Å². The van der Waals surface area contributed by atoms with Gasteiger partial charge in [-0.1, -0.05) is 0 Å². The van der Waals surface area contributed by atoms with E-state index in [0.29, 0.717) is 0 Å². The summed E-state index contributed by atoms with van der Waals surface area (Å²) in [5.74, 6) is 6.71. The predicted octanol–water partition coefficient (Wildman–Crippen LogP) is 14.7. The molecule has 49 heavy (non-hydrogen) atoms. The number of rotatable bonds is 8. The van der Waals surface area contributed by atoms with E-state index in [1.165, 1.54) is 33.4 Å². The van der Waals surface area contributed by atoms with E-state index in [1.54, 1.807) is 0 Å². The van der Waals surface area contributed by atoms with E-state index in [1.807, 2.05) is 0 Å². The topological polar surface area (TPSA) is 18.5 Å². The molecule has 1 aliphatic heterocycles. The van der Waals surface area contributed by atoms with Crippen LogP contribution >= 0.6 is 0 Å². The van der Waals surface area contributed by atoms with Crippen LogP contribution in [-0.4, -0.2) is 13.9 Å². The number of fused-ring (bicyclic) bond motifs is 3. The molecule has 0 N–H and O–H groups in total. The molecule has 0 saturated carbocycles. The van der Waals surface area contributed by atoms with Gasteiger partial charge in [-0.15, -0.1) is 0 Å². The van der Waals surface area contributed by atoms with Crippen LogP contribution in [0.2, 0.25) is 11.5 Å². The molecule has 0 radical (unpaired) electrons. The van der Waals surface area contributed by atoms with Gasteiger partial charge in [0.25, 0.3) is 0 Å². The van der Waals surface area contributed by atoms with E-state index in [4.69, 9.17) is 7.53 Å². The summed E-state index contributed by atoms with van der Waals surface area (Å²) >= 11 is -3.32. The fraction of sp³-hybridized carbons (Fsp3) is 0.739. The van der Waals surface area contributed by atoms with Crippen molar-refractivity contribution in [3.63, 3.8) is 0 Å². The van der Waals surface area contributed by atoms with E-state index in [-0.39, 0.29) is 43.3 Å². The molecule has 2 nitrogen and oxygen atoms in total. The first-order chi connectivity index (χ1) is 21.4. The normalized spacial score (nSPS) is 16.4. The van der Waals surface area contributed by atoms with Gasteiger partial charge in [0, 0.05) is 0 Å². The molecular weight excluding hydrogens is 657 g/mol. The first-order valence-electron chi connectivity index (χ1n) is 19.2. The van der Waals surface area contributed by atoms with Crippen molar-refractivity contribution in [3.8, 4) is 22.6 Å². The van der Waals surface area contributed by atoms with Crippen molar-refractivity contribution in [2.75, 3.05) is 0 Å². The third kappa shape index (κ3) is 10.8. The molecule has 1 aliphatic rings. The first kappa shape index (κ1) is 42.0. The van der Waals surface area contributed by atoms with Crippen molar-refractivity contribution >= 4 is 13.9 Å². The quantitative estimate of drug-likeness (QED) is 0.251. The third-order valence-corrected chi connectivity index (χ3v) is 13.0. The molecule has 2 aromatic carbocycles. The third-order valence-electron chi connectivity index (χ3n) is 10.1. The Morgan fingerprint density at radius 2 is 0.633 bits per heavy atom. The van der Waals surface area contributed by atoms with Gasteiger partial charge in [-0.05, 0) is 0 Å². The molecule has 1 heterocycles. The zero-order valence-corrected chi connectivity index (χ0v) is 38.6. The summed E-state index contributed by atoms with van der Waals surface area (Å²) in [5.41, 5.74) is 8.38. The van der Waals surface area contributed by atoms with Crippen LogP contribution in [0.5, 0.6) is 11.5 Å². The van der Waals surface area contributed by atoms with Gasteiger partial charge >= 0.3 is 310 Å². The van der Waals surface area contributed by atoms with E-state index >= 15 is 0 Å². The summed E-state index contributed by atoms with van der Waals surface area (Å²) in [6, 6.07) is 10.1. The molecular formula is C46H78GeO2. The van der Waals surface area contributed by atoms with Crippen molar-refractivity contribution in [3.05, 3.63) is 46.5 Å². The van der Waals surface area contributed by atoms with E-state index in [0.717, 1.165) is 37.2 Å². The molecule has 0 aromatic heterocycles. The summed E-state index contributed by atoms with van der Waals surface area (Å²) < 4.78 is 14.7. The predicted molar refractivity (Wildman–Crippen MR) is 219 cm³/mol. The SMILES string of the molecule is CC(C)(C)CC(C)(C)c1cc2c(c(C(C)(C)CC(C)(C)C)c1)[O][Ge]([CH3])([CH3])[O]c1c-2cc(C(C)(C)CC(C)(C)C)cc1C(C)(C)CC(C)(C)C. The Morgan fingerprint density at radius 3 is 0.878 bits per heavy atom. The molecule has 3 heteroatoms. The van der Waals surface area contributed by atoms with E-state index in [9.17, 15) is 0 Å². The molecule has 0 bridgehead atoms. The maximum absolute atomic E-state index is 7.37. The fourth-order valence-electron chi connectivity index (χ4n) is 9.87. The Labute approximate surface area is 308 Å². The Morgan fingerprint density at radius 1 is 0.388 bits per heavy atom. The first-order valence-corrected chi connectivity index (χ1v) is 25.1. The maximum atomic E-state index is 7.37. The molecule has 0 saturated heterocycles. The number of benzene rings is 2. The van der Waals surface area contributed by atoms with Crippen molar-refractivity contribution < 1.29 is 7.53 Å². The van der Waals surface area contributed by atoms with Gasteiger partial charge in [-0.2, -0.15) is 0 Å². The van der Waals surface area contributed by atoms with Crippen LogP contribution in [0.4, 0.5) is 0 Å². The number of hydrogen-bond acceptors (Lipinski definition) is 2. The summed E-state index contributed by atoms with van der Waals surface area (Å²) in [5, 5.41) is 0. The van der Waals surface area contributed by atoms with Gasteiger partial charge in [0.1, 0.15) is 0 Å². The van der Waals surface area contributed by atoms with Crippen LogP contribution in [0, 0.1) is 21.7 Å². The summed E-state index contributed by atoms with van der Waals surface area (Å²) in [6.45, 7) is 48.0. The van der Waals surface area contributed by atoms with Crippen LogP contribution in [-0.2, 0) is 21.7 Å². The average molecular weight is 736 g/mol. The molecule has 0 amide bonds. The Balaban J connectivity index is 2.64. The second-order valence-electron chi connectivity index (χ2n) is 23.9. The second kappa shape index (κ2) is 12.9.